The van der Waals surface area contributed by atoms with Gasteiger partial charge >= 0.3 is 54.0 Å². The Labute approximate surface area is 54.1 Å². The molecule has 1 aliphatic heterocycles. The molecule has 1 saturated heterocycles. The van der Waals surface area contributed by atoms with Crippen LogP contribution in [0.25, 0.3) is 0 Å². The summed E-state index contributed by atoms with van der Waals surface area (Å²) in [4.78, 5) is 0. The van der Waals surface area contributed by atoms with Gasteiger partial charge in [-0.25, -0.2) is 0 Å². The average Bonchev–Trinajstić information content (AvgIpc) is 1.84. The monoisotopic (exact) mass is 234 g/mol. The molecule has 1 aliphatic rings. The van der Waals surface area contributed by atoms with E-state index in [1.165, 1.54) is 0 Å². The summed E-state index contributed by atoms with van der Waals surface area (Å²) in [5.41, 5.74) is 0. The van der Waals surface area contributed by atoms with Crippen molar-refractivity contribution >= 4 is 19.1 Å². The molecule has 1 rings (SSSR count). The van der Waals surface area contributed by atoms with E-state index in [1.807, 2.05) is 0 Å². The second-order valence-electron chi connectivity index (χ2n) is 1.09. The third-order valence-corrected chi connectivity index (χ3v) is 4.72. The summed E-state index contributed by atoms with van der Waals surface area (Å²) in [6.45, 7) is 1.81. The van der Waals surface area contributed by atoms with Gasteiger partial charge in [-0.3, -0.25) is 0 Å². The first kappa shape index (κ1) is 6.28. The second-order valence-corrected chi connectivity index (χ2v) is 8.94. The van der Waals surface area contributed by atoms with E-state index in [-0.39, 0.29) is 0 Å². The van der Waals surface area contributed by atoms with Gasteiger partial charge in [-0.15, -0.1) is 0 Å². The molecular formula is C2H6Cl2N2Pd. The Kier molecular flexibility index (Phi) is 1.96. The van der Waals surface area contributed by atoms with Gasteiger partial charge < -0.3 is 0 Å². The van der Waals surface area contributed by atoms with Gasteiger partial charge in [0.15, 0.2) is 0 Å². The predicted molar refractivity (Wildman–Crippen MR) is 27.7 cm³/mol. The Balaban J connectivity index is 2.40. The van der Waals surface area contributed by atoms with E-state index in [0.717, 1.165) is 13.1 Å². The molecule has 0 aliphatic carbocycles. The summed E-state index contributed by atoms with van der Waals surface area (Å²) >= 11 is -2.19. The predicted octanol–water partition coefficient (Wildman–Crippen LogP) is 0.471. The molecule has 48 valence electrons. The zero-order valence-corrected chi connectivity index (χ0v) is 6.55. The van der Waals surface area contributed by atoms with Gasteiger partial charge in [0, 0.05) is 0 Å². The molecule has 0 unspecified atom stereocenters. The van der Waals surface area contributed by atoms with Crippen molar-refractivity contribution in [1.29, 1.82) is 0 Å². The van der Waals surface area contributed by atoms with E-state index in [4.69, 9.17) is 19.1 Å². The van der Waals surface area contributed by atoms with Crippen LogP contribution in [0.3, 0.4) is 0 Å². The Bertz CT molecular complexity index is 68.1. The van der Waals surface area contributed by atoms with Crippen LogP contribution in [-0.4, -0.2) is 13.1 Å². The van der Waals surface area contributed by atoms with Gasteiger partial charge in [-0.1, -0.05) is 0 Å². The number of nitrogens with one attached hydrogen (secondary N) is 2. The van der Waals surface area contributed by atoms with Gasteiger partial charge in [-0.2, -0.15) is 0 Å². The molecule has 1 fully saturated rings. The second kappa shape index (κ2) is 2.18. The molecule has 0 atom stereocenters. The Morgan fingerprint density at radius 1 is 1.14 bits per heavy atom. The molecule has 0 bridgehead atoms. The summed E-state index contributed by atoms with van der Waals surface area (Å²) in [7, 11) is 11.3. The average molecular weight is 235 g/mol. The van der Waals surface area contributed by atoms with Crippen LogP contribution in [0.4, 0.5) is 0 Å². The fourth-order valence-corrected chi connectivity index (χ4v) is 3.29. The molecule has 0 radical (unpaired) electrons. The SMILES string of the molecule is [Cl][Pd]1([Cl])[NH]CC[NH]1. The molecule has 0 aromatic carbocycles. The van der Waals surface area contributed by atoms with Crippen molar-refractivity contribution in [2.24, 2.45) is 0 Å². The Hall–Kier alpha value is 1.16. The zero-order valence-electron chi connectivity index (χ0n) is 3.49. The minimum atomic E-state index is -2.19. The normalized spacial score (nSPS) is 32.9. The molecule has 7 heavy (non-hydrogen) atoms. The van der Waals surface area contributed by atoms with Crippen molar-refractivity contribution in [3.63, 3.8) is 0 Å². The van der Waals surface area contributed by atoms with Gasteiger partial charge in [0.1, 0.15) is 0 Å². The van der Waals surface area contributed by atoms with Gasteiger partial charge in [0.2, 0.25) is 0 Å². The van der Waals surface area contributed by atoms with E-state index in [1.54, 1.807) is 0 Å². The van der Waals surface area contributed by atoms with Crippen molar-refractivity contribution < 1.29 is 14.0 Å². The minimum absolute atomic E-state index is 0.907. The maximum atomic E-state index is 5.66. The summed E-state index contributed by atoms with van der Waals surface area (Å²) < 4.78 is 5.93. The Morgan fingerprint density at radius 2 is 1.57 bits per heavy atom. The van der Waals surface area contributed by atoms with Crippen LogP contribution >= 0.6 is 19.1 Å². The van der Waals surface area contributed by atoms with Crippen LogP contribution in [0.15, 0.2) is 0 Å². The molecule has 5 heteroatoms. The molecular weight excluding hydrogens is 229 g/mol. The topological polar surface area (TPSA) is 24.1 Å². The summed E-state index contributed by atoms with van der Waals surface area (Å²) in [5.74, 6) is 0. The first-order valence-electron chi connectivity index (χ1n) is 1.76. The number of hydrogen-bond acceptors (Lipinski definition) is 2. The summed E-state index contributed by atoms with van der Waals surface area (Å²) in [6.07, 6.45) is 0. The standard InChI is InChI=1S/C2H6N2.2ClH.Pd/c3-1-2-4;;;/h3-4H,1-2H2;2*1H;/q-2;;;+4/p-2. The van der Waals surface area contributed by atoms with Crippen molar-refractivity contribution in [2.45, 2.75) is 0 Å². The van der Waals surface area contributed by atoms with Crippen molar-refractivity contribution in [2.75, 3.05) is 13.1 Å². The van der Waals surface area contributed by atoms with Crippen LogP contribution in [0.2, 0.25) is 0 Å². The summed E-state index contributed by atoms with van der Waals surface area (Å²) in [6, 6.07) is 0. The van der Waals surface area contributed by atoms with Crippen molar-refractivity contribution in [1.82, 2.24) is 7.90 Å². The van der Waals surface area contributed by atoms with Crippen molar-refractivity contribution in [3.05, 3.63) is 0 Å². The van der Waals surface area contributed by atoms with E-state index in [0.29, 0.717) is 0 Å². The van der Waals surface area contributed by atoms with Crippen LogP contribution in [0.5, 0.6) is 0 Å². The molecule has 0 spiro atoms. The third kappa shape index (κ3) is 1.85. The van der Waals surface area contributed by atoms with E-state index in [2.05, 4.69) is 7.90 Å². The van der Waals surface area contributed by atoms with Gasteiger partial charge in [0.25, 0.3) is 0 Å². The molecule has 2 nitrogen and oxygen atoms in total. The molecule has 0 saturated carbocycles. The van der Waals surface area contributed by atoms with E-state index < -0.39 is 14.0 Å². The fraction of sp³-hybridized carbons (Fsp3) is 1.00. The molecule has 2 N–H and O–H groups in total. The van der Waals surface area contributed by atoms with Gasteiger partial charge in [0.05, 0.1) is 0 Å². The molecule has 0 amide bonds. The first-order valence-corrected chi connectivity index (χ1v) is 7.32. The number of rotatable bonds is 0. The first-order chi connectivity index (χ1) is 3.21. The van der Waals surface area contributed by atoms with E-state index >= 15 is 0 Å². The van der Waals surface area contributed by atoms with Crippen LogP contribution < -0.4 is 7.90 Å². The van der Waals surface area contributed by atoms with E-state index in [9.17, 15) is 0 Å². The Morgan fingerprint density at radius 3 is 1.71 bits per heavy atom. The van der Waals surface area contributed by atoms with Crippen LogP contribution in [0.1, 0.15) is 0 Å². The number of hydrogen-bond donors (Lipinski definition) is 2. The third-order valence-electron chi connectivity index (χ3n) is 0.564. The quantitative estimate of drug-likeness (QED) is 0.597. The zero-order chi connectivity index (χ0) is 5.33. The molecule has 0 aromatic heterocycles. The van der Waals surface area contributed by atoms with Crippen molar-refractivity contribution in [3.8, 4) is 0 Å². The number of halogens is 2. The molecule has 0 aromatic rings. The summed E-state index contributed by atoms with van der Waals surface area (Å²) in [5, 5.41) is 0. The maximum absolute atomic E-state index is 5.66. The van der Waals surface area contributed by atoms with Crippen LogP contribution in [-0.2, 0) is 14.0 Å². The molecule has 1 heterocycles. The fourth-order valence-electron chi connectivity index (χ4n) is 0.317. The van der Waals surface area contributed by atoms with Gasteiger partial charge in [-0.05, 0) is 0 Å². The van der Waals surface area contributed by atoms with Crippen LogP contribution in [0, 0.1) is 0 Å².